The molecule has 3 N–H and O–H groups in total. The summed E-state index contributed by atoms with van der Waals surface area (Å²) in [5.41, 5.74) is 1.45. The average Bonchev–Trinajstić information content (AvgIpc) is 3.63. The molecule has 0 radical (unpaired) electrons. The van der Waals surface area contributed by atoms with Gasteiger partial charge in [0.1, 0.15) is 6.73 Å². The van der Waals surface area contributed by atoms with E-state index in [9.17, 15) is 13.2 Å². The van der Waals surface area contributed by atoms with Crippen molar-refractivity contribution in [3.8, 4) is 10.4 Å². The molecular formula is C31H48N6O5S2Si. The fourth-order valence-corrected chi connectivity index (χ4v) is 8.43. The molecule has 1 aliphatic rings. The molecule has 0 spiro atoms. The Kier molecular flexibility index (Phi) is 12.2. The topological polar surface area (TPSA) is 136 Å². The van der Waals surface area contributed by atoms with E-state index in [2.05, 4.69) is 40.0 Å². The molecule has 45 heavy (non-hydrogen) atoms. The van der Waals surface area contributed by atoms with Gasteiger partial charge < -0.3 is 20.1 Å². The summed E-state index contributed by atoms with van der Waals surface area (Å²) in [5.74, 6) is 0.931. The van der Waals surface area contributed by atoms with Gasteiger partial charge in [-0.1, -0.05) is 38.7 Å². The molecule has 248 valence electrons. The summed E-state index contributed by atoms with van der Waals surface area (Å²) in [4.78, 5) is 22.2. The Morgan fingerprint density at radius 2 is 1.91 bits per heavy atom. The number of thiazole rings is 1. The highest BCUT2D eigenvalue weighted by Crippen LogP contribution is 2.39. The number of sulfonamides is 1. The molecule has 1 amide bonds. The van der Waals surface area contributed by atoms with Crippen molar-refractivity contribution in [1.82, 2.24) is 24.6 Å². The Morgan fingerprint density at radius 1 is 1.16 bits per heavy atom. The van der Waals surface area contributed by atoms with Crippen LogP contribution in [0.5, 0.6) is 0 Å². The van der Waals surface area contributed by atoms with Crippen molar-refractivity contribution in [2.45, 2.75) is 108 Å². The number of hydrogen-bond donors (Lipinski definition) is 3. The number of imidazole rings is 1. The lowest BCUT2D eigenvalue weighted by Gasteiger charge is -2.28. The Balaban J connectivity index is 1.44. The minimum Gasteiger partial charge on any atom is -0.447 e. The maximum Gasteiger partial charge on any atom is 0.407 e. The second-order valence-electron chi connectivity index (χ2n) is 13.0. The molecule has 4 rings (SSSR count). The maximum atomic E-state index is 13.4. The van der Waals surface area contributed by atoms with E-state index < -0.39 is 18.1 Å². The number of nitrogens with zero attached hydrogens (tertiary/aromatic N) is 3. The van der Waals surface area contributed by atoms with Gasteiger partial charge in [-0.2, -0.15) is 0 Å². The van der Waals surface area contributed by atoms with Crippen molar-refractivity contribution < 1.29 is 22.7 Å². The fourth-order valence-electron chi connectivity index (χ4n) is 5.17. The maximum absolute atomic E-state index is 13.4. The Labute approximate surface area is 272 Å². The third-order valence-electron chi connectivity index (χ3n) is 7.59. The monoisotopic (exact) mass is 676 g/mol. The lowest BCUT2D eigenvalue weighted by Crippen LogP contribution is -2.38. The number of anilines is 1. The summed E-state index contributed by atoms with van der Waals surface area (Å²) in [6.45, 7) is 14.2. The van der Waals surface area contributed by atoms with Gasteiger partial charge in [-0.15, -0.1) is 11.3 Å². The first kappa shape index (κ1) is 35.1. The summed E-state index contributed by atoms with van der Waals surface area (Å²) in [7, 11) is -4.92. The minimum atomic E-state index is -3.75. The van der Waals surface area contributed by atoms with E-state index in [-0.39, 0.29) is 35.6 Å². The molecule has 1 aliphatic carbocycles. The molecule has 2 heterocycles. The van der Waals surface area contributed by atoms with Crippen molar-refractivity contribution in [3.63, 3.8) is 0 Å². The van der Waals surface area contributed by atoms with Crippen LogP contribution in [0.15, 0.2) is 41.7 Å². The molecule has 1 fully saturated rings. The van der Waals surface area contributed by atoms with E-state index in [0.29, 0.717) is 31.4 Å². The number of benzene rings is 1. The van der Waals surface area contributed by atoms with E-state index in [1.165, 1.54) is 11.3 Å². The Bertz CT molecular complexity index is 1510. The highest BCUT2D eigenvalue weighted by molar-refractivity contribution is 7.89. The molecule has 0 bridgehead atoms. The summed E-state index contributed by atoms with van der Waals surface area (Å²) in [6, 6.07) is 6.72. The second-order valence-corrected chi connectivity index (χ2v) is 21.4. The van der Waals surface area contributed by atoms with Crippen LogP contribution in [0.3, 0.4) is 0 Å². The number of rotatable bonds is 15. The molecule has 0 aliphatic heterocycles. The first-order valence-electron chi connectivity index (χ1n) is 15.7. The molecule has 0 unspecified atom stereocenters. The lowest BCUT2D eigenvalue weighted by molar-refractivity contribution is 0.0884. The molecule has 11 nitrogen and oxygen atoms in total. The van der Waals surface area contributed by atoms with Gasteiger partial charge in [-0.05, 0) is 57.2 Å². The fraction of sp³-hybridized carbons (Fsp3) is 0.581. The number of amides is 1. The van der Waals surface area contributed by atoms with Crippen LogP contribution >= 0.6 is 11.3 Å². The van der Waals surface area contributed by atoms with Crippen molar-refractivity contribution in [1.29, 1.82) is 0 Å². The highest BCUT2D eigenvalue weighted by Gasteiger charge is 2.27. The van der Waals surface area contributed by atoms with Crippen LogP contribution in [0.1, 0.15) is 62.9 Å². The molecule has 0 saturated heterocycles. The largest absolute Gasteiger partial charge is 0.447 e. The average molecular weight is 677 g/mol. The summed E-state index contributed by atoms with van der Waals surface area (Å²) in [6.07, 6.45) is 8.32. The van der Waals surface area contributed by atoms with E-state index in [1.54, 1.807) is 25.4 Å². The van der Waals surface area contributed by atoms with E-state index in [0.717, 1.165) is 47.2 Å². The lowest BCUT2D eigenvalue weighted by atomic mass is 9.86. The standard InChI is InChI=1S/C31H48N6O5S2Si/c1-7-35-44(39,40)28-18-23(19-34-30-32-14-15-37(30)21-41-16-17-45(4,5)6)8-13-26(28)27-20-33-29(43-27)24-9-11-25(12-10-24)36-31(38)42-22(2)3/h8,13-15,18,20,22,24-25,35H,7,9-12,16-17,19,21H2,1-6H3,(H,32,34)(H,36,38). The molecule has 14 heteroatoms. The summed E-state index contributed by atoms with van der Waals surface area (Å²) >= 11 is 1.54. The van der Waals surface area contributed by atoms with Crippen molar-refractivity contribution in [2.24, 2.45) is 0 Å². The van der Waals surface area contributed by atoms with E-state index >= 15 is 0 Å². The van der Waals surface area contributed by atoms with Gasteiger partial charge in [0, 0.05) is 63.9 Å². The molecule has 1 saturated carbocycles. The number of alkyl carbamates (subject to hydrolysis) is 1. The Morgan fingerprint density at radius 3 is 2.60 bits per heavy atom. The zero-order valence-corrected chi connectivity index (χ0v) is 29.9. The first-order valence-corrected chi connectivity index (χ1v) is 21.7. The van der Waals surface area contributed by atoms with Crippen LogP contribution in [-0.2, 0) is 32.8 Å². The highest BCUT2D eigenvalue weighted by atomic mass is 32.2. The quantitative estimate of drug-likeness (QED) is 0.124. The van der Waals surface area contributed by atoms with Crippen molar-refractivity contribution in [3.05, 3.63) is 47.4 Å². The third-order valence-corrected chi connectivity index (χ3v) is 12.1. The first-order chi connectivity index (χ1) is 21.3. The van der Waals surface area contributed by atoms with E-state index in [4.69, 9.17) is 14.5 Å². The van der Waals surface area contributed by atoms with Gasteiger partial charge in [-0.25, -0.2) is 27.9 Å². The van der Waals surface area contributed by atoms with Crippen LogP contribution in [0, 0.1) is 0 Å². The van der Waals surface area contributed by atoms with Crippen LogP contribution in [0.4, 0.5) is 10.7 Å². The van der Waals surface area contributed by atoms with Crippen LogP contribution < -0.4 is 15.4 Å². The van der Waals surface area contributed by atoms with Gasteiger partial charge in [0.05, 0.1) is 20.9 Å². The van der Waals surface area contributed by atoms with Gasteiger partial charge in [0.15, 0.2) is 0 Å². The number of hydrogen-bond acceptors (Lipinski definition) is 9. The normalized spacial score (nSPS) is 17.4. The second kappa shape index (κ2) is 15.7. The van der Waals surface area contributed by atoms with Gasteiger partial charge >= 0.3 is 6.09 Å². The summed E-state index contributed by atoms with van der Waals surface area (Å²) < 4.78 is 42.4. The van der Waals surface area contributed by atoms with Crippen molar-refractivity contribution >= 4 is 41.5 Å². The number of ether oxygens (including phenoxy) is 2. The minimum absolute atomic E-state index is 0.0884. The predicted molar refractivity (Wildman–Crippen MR) is 182 cm³/mol. The molecular weight excluding hydrogens is 629 g/mol. The Hall–Kier alpha value is -2.78. The van der Waals surface area contributed by atoms with Gasteiger partial charge in [0.25, 0.3) is 0 Å². The van der Waals surface area contributed by atoms with Crippen LogP contribution in [-0.4, -0.2) is 62.4 Å². The number of carbonyl (C=O) groups excluding carboxylic acids is 1. The number of carbonyl (C=O) groups is 1. The summed E-state index contributed by atoms with van der Waals surface area (Å²) in [5, 5.41) is 7.29. The van der Waals surface area contributed by atoms with Gasteiger partial charge in [-0.3, -0.25) is 4.57 Å². The molecule has 0 atom stereocenters. The number of nitrogens with one attached hydrogen (secondary N) is 3. The smallest absolute Gasteiger partial charge is 0.407 e. The predicted octanol–water partition coefficient (Wildman–Crippen LogP) is 6.39. The third kappa shape index (κ3) is 10.4. The zero-order valence-electron chi connectivity index (χ0n) is 27.3. The van der Waals surface area contributed by atoms with Crippen LogP contribution in [0.25, 0.3) is 10.4 Å². The molecule has 2 aromatic heterocycles. The van der Waals surface area contributed by atoms with Gasteiger partial charge in [0.2, 0.25) is 16.0 Å². The molecule has 3 aromatic rings. The van der Waals surface area contributed by atoms with Crippen molar-refractivity contribution in [2.75, 3.05) is 18.5 Å². The number of aromatic nitrogens is 3. The zero-order chi connectivity index (χ0) is 32.6. The van der Waals surface area contributed by atoms with Crippen LogP contribution in [0.2, 0.25) is 25.7 Å². The molecule has 1 aromatic carbocycles. The SMILES string of the molecule is CCNS(=O)(=O)c1cc(CNc2nccn2COCC[Si](C)(C)C)ccc1-c1cnc(C2CCC(NC(=O)OC(C)C)CC2)s1. The van der Waals surface area contributed by atoms with E-state index in [1.807, 2.05) is 36.7 Å².